The predicted molar refractivity (Wildman–Crippen MR) is 49.2 cm³/mol. The van der Waals surface area contributed by atoms with Gasteiger partial charge >= 0.3 is 0 Å². The van der Waals surface area contributed by atoms with Gasteiger partial charge in [0.1, 0.15) is 0 Å². The Morgan fingerprint density at radius 3 is 3.00 bits per heavy atom. The Labute approximate surface area is 73.4 Å². The third-order valence-electron chi connectivity index (χ3n) is 2.63. The molecule has 0 bridgehead atoms. The van der Waals surface area contributed by atoms with E-state index in [-0.39, 0.29) is 0 Å². The monoisotopic (exact) mass is 164 g/mol. The van der Waals surface area contributed by atoms with Crippen molar-refractivity contribution in [3.63, 3.8) is 0 Å². The highest BCUT2D eigenvalue weighted by molar-refractivity contribution is 5.27. The summed E-state index contributed by atoms with van der Waals surface area (Å²) in [5, 5.41) is 7.52. The van der Waals surface area contributed by atoms with Crippen molar-refractivity contribution in [1.82, 2.24) is 10.2 Å². The first kappa shape index (κ1) is 7.84. The predicted octanol–water partition coefficient (Wildman–Crippen LogP) is 2.24. The molecule has 12 heavy (non-hydrogen) atoms. The molecule has 0 fully saturated rings. The first-order chi connectivity index (χ1) is 5.92. The molecule has 1 aromatic heterocycles. The van der Waals surface area contributed by atoms with Crippen LogP contribution in [0.5, 0.6) is 0 Å². The second-order valence-corrected chi connectivity index (χ2v) is 3.58. The van der Waals surface area contributed by atoms with Crippen molar-refractivity contribution in [2.24, 2.45) is 0 Å². The lowest BCUT2D eigenvalue weighted by atomic mass is 9.95. The Kier molecular flexibility index (Phi) is 2.15. The standard InChI is InChI=1S/C10H16N2/c1-2-5-9-8-6-3-4-7-10(8)12-11-9/h2-7H2,1H3,(H,11,12). The van der Waals surface area contributed by atoms with Crippen molar-refractivity contribution in [3.8, 4) is 0 Å². The fourth-order valence-corrected chi connectivity index (χ4v) is 1.99. The molecule has 0 unspecified atom stereocenters. The van der Waals surface area contributed by atoms with Crippen LogP contribution in [0.1, 0.15) is 43.1 Å². The molecule has 0 spiro atoms. The number of aromatic amines is 1. The van der Waals surface area contributed by atoms with E-state index in [0.29, 0.717) is 0 Å². The summed E-state index contributed by atoms with van der Waals surface area (Å²) in [6, 6.07) is 0. The van der Waals surface area contributed by atoms with Gasteiger partial charge in [-0.05, 0) is 37.7 Å². The molecule has 1 heterocycles. The van der Waals surface area contributed by atoms with Crippen molar-refractivity contribution in [2.75, 3.05) is 0 Å². The Bertz CT molecular complexity index is 263. The van der Waals surface area contributed by atoms with Gasteiger partial charge < -0.3 is 0 Å². The number of hydrogen-bond acceptors (Lipinski definition) is 1. The van der Waals surface area contributed by atoms with E-state index >= 15 is 0 Å². The van der Waals surface area contributed by atoms with Crippen molar-refractivity contribution in [3.05, 3.63) is 17.0 Å². The summed E-state index contributed by atoms with van der Waals surface area (Å²) < 4.78 is 0. The number of hydrogen-bond donors (Lipinski definition) is 1. The van der Waals surface area contributed by atoms with Gasteiger partial charge in [0.25, 0.3) is 0 Å². The van der Waals surface area contributed by atoms with Crippen molar-refractivity contribution in [2.45, 2.75) is 45.4 Å². The van der Waals surface area contributed by atoms with Crippen molar-refractivity contribution in [1.29, 1.82) is 0 Å². The van der Waals surface area contributed by atoms with Gasteiger partial charge in [-0.3, -0.25) is 5.10 Å². The molecule has 0 saturated heterocycles. The first-order valence-electron chi connectivity index (χ1n) is 4.96. The van der Waals surface area contributed by atoms with Gasteiger partial charge in [-0.25, -0.2) is 0 Å². The smallest absolute Gasteiger partial charge is 0.0656 e. The normalized spacial score (nSPS) is 16.1. The molecular formula is C10H16N2. The number of aryl methyl sites for hydroxylation is 2. The third-order valence-corrected chi connectivity index (χ3v) is 2.63. The number of nitrogens with zero attached hydrogens (tertiary/aromatic N) is 1. The van der Waals surface area contributed by atoms with E-state index in [1.165, 1.54) is 49.1 Å². The molecule has 1 aliphatic carbocycles. The maximum Gasteiger partial charge on any atom is 0.0656 e. The highest BCUT2D eigenvalue weighted by Crippen LogP contribution is 2.22. The second kappa shape index (κ2) is 3.30. The fraction of sp³-hybridized carbons (Fsp3) is 0.700. The first-order valence-corrected chi connectivity index (χ1v) is 4.96. The number of fused-ring (bicyclic) bond motifs is 1. The third kappa shape index (κ3) is 1.26. The Morgan fingerprint density at radius 1 is 1.33 bits per heavy atom. The van der Waals surface area contributed by atoms with E-state index in [1.54, 1.807) is 0 Å². The Morgan fingerprint density at radius 2 is 2.17 bits per heavy atom. The van der Waals surface area contributed by atoms with Crippen LogP contribution in [0.25, 0.3) is 0 Å². The fourth-order valence-electron chi connectivity index (χ4n) is 1.99. The van der Waals surface area contributed by atoms with Crippen LogP contribution in [0.4, 0.5) is 0 Å². The van der Waals surface area contributed by atoms with Gasteiger partial charge in [-0.15, -0.1) is 0 Å². The molecule has 0 amide bonds. The molecule has 0 saturated carbocycles. The Hall–Kier alpha value is -0.790. The van der Waals surface area contributed by atoms with Gasteiger partial charge in [-0.2, -0.15) is 5.10 Å². The van der Waals surface area contributed by atoms with Gasteiger partial charge in [0.2, 0.25) is 0 Å². The van der Waals surface area contributed by atoms with Crippen LogP contribution < -0.4 is 0 Å². The minimum absolute atomic E-state index is 1.14. The zero-order chi connectivity index (χ0) is 8.39. The summed E-state index contributed by atoms with van der Waals surface area (Å²) >= 11 is 0. The molecule has 1 N–H and O–H groups in total. The van der Waals surface area contributed by atoms with Gasteiger partial charge in [0.05, 0.1) is 5.69 Å². The molecular weight excluding hydrogens is 148 g/mol. The van der Waals surface area contributed by atoms with E-state index in [4.69, 9.17) is 0 Å². The van der Waals surface area contributed by atoms with Crippen LogP contribution in [0.3, 0.4) is 0 Å². The summed E-state index contributed by atoms with van der Waals surface area (Å²) in [5.74, 6) is 0. The lowest BCUT2D eigenvalue weighted by Gasteiger charge is -2.10. The van der Waals surface area contributed by atoms with E-state index in [2.05, 4.69) is 17.1 Å². The summed E-state index contributed by atoms with van der Waals surface area (Å²) in [4.78, 5) is 0. The maximum atomic E-state index is 4.36. The number of aromatic nitrogens is 2. The molecule has 2 rings (SSSR count). The second-order valence-electron chi connectivity index (χ2n) is 3.58. The van der Waals surface area contributed by atoms with Crippen LogP contribution >= 0.6 is 0 Å². The molecule has 0 aliphatic heterocycles. The summed E-state index contributed by atoms with van der Waals surface area (Å²) in [7, 11) is 0. The summed E-state index contributed by atoms with van der Waals surface area (Å²) in [6.07, 6.45) is 7.50. The summed E-state index contributed by atoms with van der Waals surface area (Å²) in [6.45, 7) is 2.21. The molecule has 66 valence electrons. The minimum atomic E-state index is 1.14. The van der Waals surface area contributed by atoms with Crippen LogP contribution in [-0.2, 0) is 19.3 Å². The van der Waals surface area contributed by atoms with Gasteiger partial charge in [0, 0.05) is 5.69 Å². The molecule has 0 radical (unpaired) electrons. The van der Waals surface area contributed by atoms with E-state index in [1.807, 2.05) is 0 Å². The maximum absolute atomic E-state index is 4.36. The lowest BCUT2D eigenvalue weighted by molar-refractivity contribution is 0.671. The van der Waals surface area contributed by atoms with Crippen molar-refractivity contribution >= 4 is 0 Å². The molecule has 1 aliphatic rings. The van der Waals surface area contributed by atoms with E-state index < -0.39 is 0 Å². The molecule has 0 aromatic carbocycles. The van der Waals surface area contributed by atoms with Gasteiger partial charge in [0.15, 0.2) is 0 Å². The van der Waals surface area contributed by atoms with Crippen LogP contribution in [0, 0.1) is 0 Å². The van der Waals surface area contributed by atoms with Crippen LogP contribution in [-0.4, -0.2) is 10.2 Å². The highest BCUT2D eigenvalue weighted by atomic mass is 15.1. The zero-order valence-corrected chi connectivity index (χ0v) is 7.69. The van der Waals surface area contributed by atoms with Crippen LogP contribution in [0.2, 0.25) is 0 Å². The SMILES string of the molecule is CCCc1n[nH]c2c1CCCC2. The molecule has 2 nitrogen and oxygen atoms in total. The average molecular weight is 164 g/mol. The van der Waals surface area contributed by atoms with Crippen molar-refractivity contribution < 1.29 is 0 Å². The van der Waals surface area contributed by atoms with Crippen LogP contribution in [0.15, 0.2) is 0 Å². The minimum Gasteiger partial charge on any atom is -0.282 e. The topological polar surface area (TPSA) is 28.7 Å². The zero-order valence-electron chi connectivity index (χ0n) is 7.69. The number of rotatable bonds is 2. The molecule has 0 atom stereocenters. The van der Waals surface area contributed by atoms with E-state index in [9.17, 15) is 0 Å². The average Bonchev–Trinajstić information content (AvgIpc) is 2.50. The number of nitrogens with one attached hydrogen (secondary N) is 1. The molecule has 1 aromatic rings. The molecule has 2 heteroatoms. The van der Waals surface area contributed by atoms with Gasteiger partial charge in [-0.1, -0.05) is 13.3 Å². The highest BCUT2D eigenvalue weighted by Gasteiger charge is 2.15. The quantitative estimate of drug-likeness (QED) is 0.713. The lowest BCUT2D eigenvalue weighted by Crippen LogP contribution is -2.02. The Balaban J connectivity index is 2.25. The number of H-pyrrole nitrogens is 1. The largest absolute Gasteiger partial charge is 0.282 e. The van der Waals surface area contributed by atoms with E-state index in [0.717, 1.165) is 6.42 Å². The summed E-state index contributed by atoms with van der Waals surface area (Å²) in [5.41, 5.74) is 4.26.